The molecule has 4 heteroatoms. The molecule has 0 fully saturated rings. The molecule has 3 nitrogen and oxygen atoms in total. The minimum absolute atomic E-state index is 0.236. The van der Waals surface area contributed by atoms with Gasteiger partial charge in [0.05, 0.1) is 6.54 Å². The third-order valence-electron chi connectivity index (χ3n) is 4.04. The van der Waals surface area contributed by atoms with Crippen LogP contribution < -0.4 is 0 Å². The van der Waals surface area contributed by atoms with Crippen molar-refractivity contribution in [3.8, 4) is 0 Å². The summed E-state index contributed by atoms with van der Waals surface area (Å²) in [5.41, 5.74) is 3.16. The largest absolute Gasteiger partial charge is 0.349 e. The van der Waals surface area contributed by atoms with Gasteiger partial charge in [-0.05, 0) is 46.6 Å². The Kier molecular flexibility index (Phi) is 6.83. The quantitative estimate of drug-likeness (QED) is 0.688. The predicted octanol–water partition coefficient (Wildman–Crippen LogP) is 3.38. The molecule has 1 aromatic rings. The van der Waals surface area contributed by atoms with E-state index >= 15 is 0 Å². The summed E-state index contributed by atoms with van der Waals surface area (Å²) in [5, 5.41) is 0. The minimum Gasteiger partial charge on any atom is -0.349 e. The van der Waals surface area contributed by atoms with Crippen LogP contribution >= 0.6 is 11.8 Å². The second kappa shape index (κ2) is 7.89. The van der Waals surface area contributed by atoms with Crippen LogP contribution in [0.15, 0.2) is 6.07 Å². The molecule has 0 spiro atoms. The van der Waals surface area contributed by atoms with Crippen LogP contribution in [-0.4, -0.2) is 46.9 Å². The van der Waals surface area contributed by atoms with Gasteiger partial charge in [-0.2, -0.15) is 11.8 Å². The number of carbonyl (C=O) groups excluding carboxylic acids is 1. The van der Waals surface area contributed by atoms with E-state index in [0.717, 1.165) is 30.0 Å². The number of Topliss-reactive ketones (excluding diaryl/α,β-unsaturated/α-hetero) is 1. The molecule has 0 saturated carbocycles. The molecule has 0 radical (unpaired) electrons. The number of rotatable bonds is 8. The summed E-state index contributed by atoms with van der Waals surface area (Å²) in [6.07, 6.45) is 3.20. The first kappa shape index (κ1) is 17.3. The monoisotopic (exact) mass is 296 g/mol. The summed E-state index contributed by atoms with van der Waals surface area (Å²) in [4.78, 5) is 14.7. The van der Waals surface area contributed by atoms with E-state index < -0.39 is 0 Å². The summed E-state index contributed by atoms with van der Waals surface area (Å²) in [6, 6.07) is 2.51. The van der Waals surface area contributed by atoms with Crippen molar-refractivity contribution in [2.45, 2.75) is 46.7 Å². The van der Waals surface area contributed by atoms with Gasteiger partial charge in [-0.3, -0.25) is 9.69 Å². The third kappa shape index (κ3) is 3.89. The number of thioether (sulfide) groups is 1. The number of hydrogen-bond acceptors (Lipinski definition) is 3. The second-order valence-electron chi connectivity index (χ2n) is 5.38. The Morgan fingerprint density at radius 2 is 2.05 bits per heavy atom. The van der Waals surface area contributed by atoms with Gasteiger partial charge in [0.25, 0.3) is 0 Å². The lowest BCUT2D eigenvalue weighted by atomic mass is 10.1. The lowest BCUT2D eigenvalue weighted by Crippen LogP contribution is -2.37. The standard InChI is InChI=1S/C16H28N2OS/c1-7-14(11-20-6)17(5)10-16(19)15-9-12(3)18(8-2)13(15)4/h9,14H,7-8,10-11H2,1-6H3. The van der Waals surface area contributed by atoms with Crippen molar-refractivity contribution >= 4 is 17.5 Å². The van der Waals surface area contributed by atoms with Crippen LogP contribution in [-0.2, 0) is 6.54 Å². The number of likely N-dealkylation sites (N-methyl/N-ethyl adjacent to an activating group) is 1. The zero-order chi connectivity index (χ0) is 15.3. The molecule has 1 heterocycles. The number of aromatic nitrogens is 1. The first-order chi connectivity index (χ1) is 9.46. The van der Waals surface area contributed by atoms with Crippen LogP contribution in [0.2, 0.25) is 0 Å². The van der Waals surface area contributed by atoms with Crippen molar-refractivity contribution in [3.63, 3.8) is 0 Å². The smallest absolute Gasteiger partial charge is 0.178 e. The lowest BCUT2D eigenvalue weighted by Gasteiger charge is -2.25. The highest BCUT2D eigenvalue weighted by atomic mass is 32.2. The van der Waals surface area contributed by atoms with Gasteiger partial charge in [0.2, 0.25) is 0 Å². The zero-order valence-electron chi connectivity index (χ0n) is 13.7. The minimum atomic E-state index is 0.236. The fourth-order valence-electron chi connectivity index (χ4n) is 2.76. The topological polar surface area (TPSA) is 25.2 Å². The molecule has 114 valence electrons. The van der Waals surface area contributed by atoms with Gasteiger partial charge in [-0.1, -0.05) is 6.92 Å². The van der Waals surface area contributed by atoms with Crippen molar-refractivity contribution in [2.75, 3.05) is 25.6 Å². The summed E-state index contributed by atoms with van der Waals surface area (Å²) < 4.78 is 2.20. The molecule has 20 heavy (non-hydrogen) atoms. The van der Waals surface area contributed by atoms with Crippen molar-refractivity contribution in [2.24, 2.45) is 0 Å². The Morgan fingerprint density at radius 3 is 2.50 bits per heavy atom. The third-order valence-corrected chi connectivity index (χ3v) is 4.76. The molecule has 0 N–H and O–H groups in total. The number of aryl methyl sites for hydroxylation is 1. The Labute approximate surface area is 127 Å². The highest BCUT2D eigenvalue weighted by Gasteiger charge is 2.19. The van der Waals surface area contributed by atoms with E-state index in [1.54, 1.807) is 0 Å². The van der Waals surface area contributed by atoms with Crippen molar-refractivity contribution in [1.82, 2.24) is 9.47 Å². The van der Waals surface area contributed by atoms with E-state index in [-0.39, 0.29) is 5.78 Å². The van der Waals surface area contributed by atoms with Crippen molar-refractivity contribution in [3.05, 3.63) is 23.0 Å². The molecule has 0 aromatic carbocycles. The predicted molar refractivity (Wildman–Crippen MR) is 89.0 cm³/mol. The van der Waals surface area contributed by atoms with E-state index in [2.05, 4.69) is 43.5 Å². The van der Waals surface area contributed by atoms with Gasteiger partial charge in [-0.15, -0.1) is 0 Å². The van der Waals surface area contributed by atoms with Crippen LogP contribution in [0.5, 0.6) is 0 Å². The van der Waals surface area contributed by atoms with E-state index in [1.807, 2.05) is 24.8 Å². The molecule has 1 atom stereocenters. The maximum Gasteiger partial charge on any atom is 0.178 e. The van der Waals surface area contributed by atoms with E-state index in [4.69, 9.17) is 0 Å². The van der Waals surface area contributed by atoms with Gasteiger partial charge < -0.3 is 4.57 Å². The average molecular weight is 296 g/mol. The maximum absolute atomic E-state index is 12.5. The molecule has 0 bridgehead atoms. The Bertz CT molecular complexity index is 454. The number of hydrogen-bond donors (Lipinski definition) is 0. The second-order valence-corrected chi connectivity index (χ2v) is 6.30. The molecule has 0 saturated heterocycles. The Balaban J connectivity index is 2.81. The van der Waals surface area contributed by atoms with Gasteiger partial charge >= 0.3 is 0 Å². The summed E-state index contributed by atoms with van der Waals surface area (Å²) >= 11 is 1.84. The number of ketones is 1. The van der Waals surface area contributed by atoms with Crippen molar-refractivity contribution in [1.29, 1.82) is 0 Å². The van der Waals surface area contributed by atoms with Crippen LogP contribution in [0.4, 0.5) is 0 Å². The first-order valence-electron chi connectivity index (χ1n) is 7.35. The molecule has 0 aliphatic carbocycles. The van der Waals surface area contributed by atoms with Crippen LogP contribution in [0.25, 0.3) is 0 Å². The van der Waals surface area contributed by atoms with Gasteiger partial charge in [0.15, 0.2) is 5.78 Å². The molecular weight excluding hydrogens is 268 g/mol. The average Bonchev–Trinajstić information content (AvgIpc) is 2.70. The fraction of sp³-hybridized carbons (Fsp3) is 0.688. The van der Waals surface area contributed by atoms with Crippen molar-refractivity contribution < 1.29 is 4.79 Å². The number of nitrogens with zero attached hydrogens (tertiary/aromatic N) is 2. The van der Waals surface area contributed by atoms with E-state index in [0.29, 0.717) is 12.6 Å². The Hall–Kier alpha value is -0.740. The van der Waals surface area contributed by atoms with E-state index in [1.165, 1.54) is 5.69 Å². The highest BCUT2D eigenvalue weighted by Crippen LogP contribution is 2.17. The molecule has 1 unspecified atom stereocenters. The van der Waals surface area contributed by atoms with Gasteiger partial charge in [-0.25, -0.2) is 0 Å². The molecule has 0 aliphatic rings. The van der Waals surface area contributed by atoms with Crippen LogP contribution in [0.3, 0.4) is 0 Å². The summed E-state index contributed by atoms with van der Waals surface area (Å²) in [6.45, 7) is 9.84. The molecule has 1 aromatic heterocycles. The first-order valence-corrected chi connectivity index (χ1v) is 8.74. The van der Waals surface area contributed by atoms with Gasteiger partial charge in [0.1, 0.15) is 0 Å². The number of carbonyl (C=O) groups is 1. The normalized spacial score (nSPS) is 12.9. The summed E-state index contributed by atoms with van der Waals surface area (Å²) in [5.74, 6) is 1.31. The molecule has 1 rings (SSSR count). The highest BCUT2D eigenvalue weighted by molar-refractivity contribution is 7.98. The van der Waals surface area contributed by atoms with Gasteiger partial charge in [0, 0.05) is 35.3 Å². The zero-order valence-corrected chi connectivity index (χ0v) is 14.5. The fourth-order valence-corrected chi connectivity index (χ4v) is 3.63. The molecule has 0 amide bonds. The van der Waals surface area contributed by atoms with Crippen LogP contribution in [0.1, 0.15) is 42.0 Å². The maximum atomic E-state index is 12.5. The lowest BCUT2D eigenvalue weighted by molar-refractivity contribution is 0.0924. The SMILES string of the molecule is CCC(CSC)N(C)CC(=O)c1cc(C)n(CC)c1C. The van der Waals surface area contributed by atoms with E-state index in [9.17, 15) is 4.79 Å². The van der Waals surface area contributed by atoms with Crippen LogP contribution in [0, 0.1) is 13.8 Å². The Morgan fingerprint density at radius 1 is 1.40 bits per heavy atom. The molecule has 0 aliphatic heterocycles. The summed E-state index contributed by atoms with van der Waals surface area (Å²) in [7, 11) is 2.06. The molecular formula is C16H28N2OS.